The highest BCUT2D eigenvalue weighted by Gasteiger charge is 2.40. The van der Waals surface area contributed by atoms with Crippen molar-refractivity contribution >= 4 is 10.0 Å². The van der Waals surface area contributed by atoms with Gasteiger partial charge in [0.05, 0.1) is 18.1 Å². The number of fused-ring (bicyclic) bond motifs is 1. The Morgan fingerprint density at radius 3 is 2.63 bits per heavy atom. The predicted molar refractivity (Wildman–Crippen MR) is 82.5 cm³/mol. The molecule has 0 aliphatic heterocycles. The molecule has 0 atom stereocenters. The summed E-state index contributed by atoms with van der Waals surface area (Å²) in [6, 6.07) is 0. The molecule has 1 aliphatic rings. The predicted octanol–water partition coefficient (Wildman–Crippen LogP) is 2.35. The number of aryl methyl sites for hydroxylation is 2. The molecule has 2 heterocycles. The van der Waals surface area contributed by atoms with E-state index in [4.69, 9.17) is 0 Å². The molecule has 0 spiro atoms. The fourth-order valence-electron chi connectivity index (χ4n) is 3.01. The largest absolute Gasteiger partial charge is 0.433 e. The fraction of sp³-hybridized carbons (Fsp3) is 0.571. The van der Waals surface area contributed by atoms with E-state index in [0.29, 0.717) is 31.2 Å². The maximum atomic E-state index is 13.3. The third-order valence-corrected chi connectivity index (χ3v) is 5.59. The monoisotopic (exact) mass is 413 g/mol. The van der Waals surface area contributed by atoms with Gasteiger partial charge in [-0.25, -0.2) is 17.8 Å². The molecule has 0 aromatic carbocycles. The Labute approximate surface area is 151 Å². The zero-order valence-corrected chi connectivity index (χ0v) is 14.7. The van der Waals surface area contributed by atoms with Gasteiger partial charge < -0.3 is 0 Å². The highest BCUT2D eigenvalue weighted by atomic mass is 32.2. The Morgan fingerprint density at radius 1 is 1.26 bits per heavy atom. The Morgan fingerprint density at radius 2 is 2.00 bits per heavy atom. The first-order chi connectivity index (χ1) is 12.6. The Bertz CT molecular complexity index is 919. The molecule has 27 heavy (non-hydrogen) atoms. The first kappa shape index (κ1) is 19.7. The van der Waals surface area contributed by atoms with Crippen LogP contribution in [0.5, 0.6) is 0 Å². The van der Waals surface area contributed by atoms with Crippen molar-refractivity contribution in [3.05, 3.63) is 29.3 Å². The zero-order chi connectivity index (χ0) is 19.8. The third-order valence-electron chi connectivity index (χ3n) is 4.17. The van der Waals surface area contributed by atoms with Crippen molar-refractivity contribution in [2.24, 2.45) is 0 Å². The van der Waals surface area contributed by atoms with E-state index in [1.165, 1.54) is 0 Å². The van der Waals surface area contributed by atoms with Crippen molar-refractivity contribution in [3.63, 3.8) is 0 Å². The minimum absolute atomic E-state index is 0.0475. The summed E-state index contributed by atoms with van der Waals surface area (Å²) in [4.78, 5) is -0.447. The number of hydrogen-bond acceptors (Lipinski definition) is 4. The highest BCUT2D eigenvalue weighted by molar-refractivity contribution is 7.89. The first-order valence-electron chi connectivity index (χ1n) is 8.07. The van der Waals surface area contributed by atoms with Crippen molar-refractivity contribution < 1.29 is 30.4 Å². The summed E-state index contributed by atoms with van der Waals surface area (Å²) in [5.41, 5.74) is -0.138. The third kappa shape index (κ3) is 4.13. The molecule has 0 bridgehead atoms. The number of hydrogen-bond donors (Lipinski definition) is 1. The van der Waals surface area contributed by atoms with Gasteiger partial charge >= 0.3 is 12.7 Å². The Balaban J connectivity index is 1.62. The SMILES string of the molecule is O=S(=O)(NCCCn1nc2c(c1C(F)(F)F)CCC2)c1cnn(C(F)F)c1. The first-order valence-corrected chi connectivity index (χ1v) is 9.55. The standard InChI is InChI=1S/C14H16F5N5O2S/c15-13(16)24-8-9(7-20-24)27(25,26)21-5-2-6-23-12(14(17,18)19)10-3-1-4-11(10)22-23/h7-8,13,21H,1-6H2. The lowest BCUT2D eigenvalue weighted by molar-refractivity contribution is -0.144. The second kappa shape index (κ2) is 7.19. The van der Waals surface area contributed by atoms with Crippen molar-refractivity contribution in [2.75, 3.05) is 6.54 Å². The van der Waals surface area contributed by atoms with E-state index in [-0.39, 0.29) is 29.8 Å². The van der Waals surface area contributed by atoms with Gasteiger partial charge in [0.25, 0.3) is 0 Å². The molecule has 1 aliphatic carbocycles. The quantitative estimate of drug-likeness (QED) is 0.558. The lowest BCUT2D eigenvalue weighted by Crippen LogP contribution is -2.26. The summed E-state index contributed by atoms with van der Waals surface area (Å²) in [6.45, 7) is -3.28. The van der Waals surface area contributed by atoms with E-state index in [0.717, 1.165) is 10.9 Å². The van der Waals surface area contributed by atoms with Gasteiger partial charge in [-0.15, -0.1) is 0 Å². The lowest BCUT2D eigenvalue weighted by Gasteiger charge is -2.12. The number of nitrogens with one attached hydrogen (secondary N) is 1. The summed E-state index contributed by atoms with van der Waals surface area (Å²) >= 11 is 0. The van der Waals surface area contributed by atoms with Crippen LogP contribution in [0.2, 0.25) is 0 Å². The van der Waals surface area contributed by atoms with Crippen molar-refractivity contribution in [1.82, 2.24) is 24.3 Å². The van der Waals surface area contributed by atoms with Crippen molar-refractivity contribution in [1.29, 1.82) is 0 Å². The number of nitrogens with zero attached hydrogens (tertiary/aromatic N) is 4. The zero-order valence-electron chi connectivity index (χ0n) is 13.9. The van der Waals surface area contributed by atoms with Crippen LogP contribution in [0, 0.1) is 0 Å². The van der Waals surface area contributed by atoms with E-state index in [2.05, 4.69) is 14.9 Å². The van der Waals surface area contributed by atoms with Crippen LogP contribution >= 0.6 is 0 Å². The summed E-state index contributed by atoms with van der Waals surface area (Å²) in [5, 5.41) is 7.23. The Kier molecular flexibility index (Phi) is 5.25. The molecule has 1 N–H and O–H groups in total. The van der Waals surface area contributed by atoms with E-state index >= 15 is 0 Å². The second-order valence-electron chi connectivity index (χ2n) is 6.03. The number of rotatable bonds is 7. The molecule has 0 saturated carbocycles. The van der Waals surface area contributed by atoms with E-state index in [1.807, 2.05) is 0 Å². The van der Waals surface area contributed by atoms with Crippen LogP contribution < -0.4 is 4.72 Å². The van der Waals surface area contributed by atoms with Gasteiger partial charge in [-0.2, -0.15) is 32.1 Å². The van der Waals surface area contributed by atoms with Crippen LogP contribution in [0.4, 0.5) is 22.0 Å². The van der Waals surface area contributed by atoms with Crippen molar-refractivity contribution in [2.45, 2.75) is 49.8 Å². The molecule has 150 valence electrons. The maximum absolute atomic E-state index is 13.3. The van der Waals surface area contributed by atoms with Crippen LogP contribution in [0.1, 0.15) is 36.3 Å². The van der Waals surface area contributed by atoms with E-state index in [1.54, 1.807) is 0 Å². The number of halogens is 5. The molecule has 2 aromatic rings. The van der Waals surface area contributed by atoms with Crippen LogP contribution in [0.25, 0.3) is 0 Å². The smallest absolute Gasteiger partial charge is 0.260 e. The van der Waals surface area contributed by atoms with Gasteiger partial charge in [0.2, 0.25) is 10.0 Å². The normalized spacial score (nSPS) is 14.9. The second-order valence-corrected chi connectivity index (χ2v) is 7.80. The average Bonchev–Trinajstić information content (AvgIpc) is 3.24. The molecule has 0 saturated heterocycles. The van der Waals surface area contributed by atoms with Crippen LogP contribution in [0.15, 0.2) is 17.3 Å². The minimum atomic E-state index is -4.53. The van der Waals surface area contributed by atoms with Gasteiger partial charge in [-0.05, 0) is 25.7 Å². The molecule has 0 amide bonds. The minimum Gasteiger partial charge on any atom is -0.260 e. The maximum Gasteiger partial charge on any atom is 0.433 e. The summed E-state index contributed by atoms with van der Waals surface area (Å²) in [5.74, 6) is 0. The van der Waals surface area contributed by atoms with Crippen LogP contribution in [0.3, 0.4) is 0 Å². The summed E-state index contributed by atoms with van der Waals surface area (Å²) in [6.07, 6.45) is -1.59. The van der Waals surface area contributed by atoms with Crippen LogP contribution in [-0.2, 0) is 35.6 Å². The van der Waals surface area contributed by atoms with Crippen molar-refractivity contribution in [3.8, 4) is 0 Å². The topological polar surface area (TPSA) is 81.8 Å². The molecule has 0 unspecified atom stereocenters. The molecular weight excluding hydrogens is 397 g/mol. The highest BCUT2D eigenvalue weighted by Crippen LogP contribution is 2.37. The molecule has 2 aromatic heterocycles. The molecular formula is C14H16F5N5O2S. The molecule has 0 fully saturated rings. The molecule has 7 nitrogen and oxygen atoms in total. The fourth-order valence-corrected chi connectivity index (χ4v) is 4.02. The summed E-state index contributed by atoms with van der Waals surface area (Å²) in [7, 11) is -4.08. The Hall–Kier alpha value is -2.02. The van der Waals surface area contributed by atoms with E-state index < -0.39 is 33.3 Å². The molecule has 0 radical (unpaired) electrons. The van der Waals surface area contributed by atoms with Gasteiger partial charge in [-0.1, -0.05) is 0 Å². The molecule has 13 heteroatoms. The van der Waals surface area contributed by atoms with Gasteiger partial charge in [0.1, 0.15) is 10.6 Å². The van der Waals surface area contributed by atoms with Gasteiger partial charge in [0, 0.05) is 18.7 Å². The average molecular weight is 413 g/mol. The number of sulfonamides is 1. The number of alkyl halides is 5. The lowest BCUT2D eigenvalue weighted by atomic mass is 10.2. The summed E-state index contributed by atoms with van der Waals surface area (Å²) < 4.78 is 92.0. The van der Waals surface area contributed by atoms with Gasteiger partial charge in [0.15, 0.2) is 0 Å². The van der Waals surface area contributed by atoms with Crippen LogP contribution in [-0.4, -0.2) is 34.5 Å². The van der Waals surface area contributed by atoms with Gasteiger partial charge in [-0.3, -0.25) is 4.68 Å². The number of aromatic nitrogens is 4. The van der Waals surface area contributed by atoms with E-state index in [9.17, 15) is 30.4 Å². The molecule has 3 rings (SSSR count).